The summed E-state index contributed by atoms with van der Waals surface area (Å²) in [6.07, 6.45) is 1.57. The summed E-state index contributed by atoms with van der Waals surface area (Å²) in [5, 5.41) is 10.9. The van der Waals surface area contributed by atoms with Gasteiger partial charge in [-0.05, 0) is 6.42 Å². The van der Waals surface area contributed by atoms with Crippen LogP contribution in [0.4, 0.5) is 0 Å². The lowest BCUT2D eigenvalue weighted by Crippen LogP contribution is -2.26. The average molecular weight is 209 g/mol. The molecule has 2 N–H and O–H groups in total. The van der Waals surface area contributed by atoms with E-state index in [2.05, 4.69) is 5.32 Å². The summed E-state index contributed by atoms with van der Waals surface area (Å²) in [5.74, 6) is -0.420. The zero-order valence-corrected chi connectivity index (χ0v) is 8.43. The van der Waals surface area contributed by atoms with Crippen LogP contribution in [-0.4, -0.2) is 44.6 Å². The second-order valence-electron chi connectivity index (χ2n) is 2.81. The SMILES string of the molecule is CS(=O)(=O)CCC(=O)NCCCO. The molecule has 0 spiro atoms. The highest BCUT2D eigenvalue weighted by atomic mass is 32.2. The number of aliphatic hydroxyl groups is 1. The third kappa shape index (κ3) is 9.29. The zero-order chi connectivity index (χ0) is 10.3. The molecule has 0 aromatic rings. The summed E-state index contributed by atoms with van der Waals surface area (Å²) >= 11 is 0. The van der Waals surface area contributed by atoms with Gasteiger partial charge in [0.15, 0.2) is 0 Å². The van der Waals surface area contributed by atoms with Crippen molar-refractivity contribution in [3.63, 3.8) is 0 Å². The molecule has 0 unspecified atom stereocenters. The Kier molecular flexibility index (Phi) is 5.65. The van der Waals surface area contributed by atoms with Crippen LogP contribution in [0, 0.1) is 0 Å². The fraction of sp³-hybridized carbons (Fsp3) is 0.857. The maximum absolute atomic E-state index is 10.9. The number of hydrogen-bond acceptors (Lipinski definition) is 4. The maximum atomic E-state index is 10.9. The highest BCUT2D eigenvalue weighted by Gasteiger charge is 2.06. The standard InChI is InChI=1S/C7H15NO4S/c1-13(11,12)6-3-7(10)8-4-2-5-9/h9H,2-6H2,1H3,(H,8,10). The molecule has 0 rings (SSSR count). The monoisotopic (exact) mass is 209 g/mol. The van der Waals surface area contributed by atoms with E-state index in [1.165, 1.54) is 0 Å². The number of carbonyl (C=O) groups excluding carboxylic acids is 1. The van der Waals surface area contributed by atoms with E-state index in [1.807, 2.05) is 0 Å². The van der Waals surface area contributed by atoms with Crippen LogP contribution < -0.4 is 5.32 Å². The molecule has 5 nitrogen and oxygen atoms in total. The number of rotatable bonds is 6. The molecule has 0 saturated heterocycles. The van der Waals surface area contributed by atoms with Crippen LogP contribution in [0.15, 0.2) is 0 Å². The van der Waals surface area contributed by atoms with Crippen LogP contribution in [0.5, 0.6) is 0 Å². The Morgan fingerprint density at radius 3 is 2.54 bits per heavy atom. The number of nitrogens with one attached hydrogen (secondary N) is 1. The van der Waals surface area contributed by atoms with Crippen LogP contribution in [-0.2, 0) is 14.6 Å². The summed E-state index contributed by atoms with van der Waals surface area (Å²) in [5.41, 5.74) is 0. The number of carbonyl (C=O) groups is 1. The van der Waals surface area contributed by atoms with Crippen molar-refractivity contribution in [3.05, 3.63) is 0 Å². The predicted molar refractivity (Wildman–Crippen MR) is 49.0 cm³/mol. The molecule has 0 saturated carbocycles. The minimum Gasteiger partial charge on any atom is -0.396 e. The Bertz CT molecular complexity index is 247. The summed E-state index contributed by atoms with van der Waals surface area (Å²) in [4.78, 5) is 10.9. The topological polar surface area (TPSA) is 83.5 Å². The van der Waals surface area contributed by atoms with E-state index in [-0.39, 0.29) is 24.7 Å². The van der Waals surface area contributed by atoms with Crippen LogP contribution >= 0.6 is 0 Å². The molecule has 0 fully saturated rings. The van der Waals surface area contributed by atoms with Crippen molar-refractivity contribution < 1.29 is 18.3 Å². The Labute approximate surface area is 78.1 Å². The first-order valence-corrected chi connectivity index (χ1v) is 6.07. The van der Waals surface area contributed by atoms with Gasteiger partial charge in [0.2, 0.25) is 5.91 Å². The van der Waals surface area contributed by atoms with Gasteiger partial charge < -0.3 is 10.4 Å². The molecule has 78 valence electrons. The van der Waals surface area contributed by atoms with Gasteiger partial charge in [0.1, 0.15) is 9.84 Å². The van der Waals surface area contributed by atoms with Crippen molar-refractivity contribution in [2.45, 2.75) is 12.8 Å². The van der Waals surface area contributed by atoms with E-state index in [9.17, 15) is 13.2 Å². The summed E-state index contributed by atoms with van der Waals surface area (Å²) in [6.45, 7) is 0.408. The molecule has 0 aliphatic carbocycles. The van der Waals surface area contributed by atoms with Crippen molar-refractivity contribution in [1.82, 2.24) is 5.32 Å². The number of sulfone groups is 1. The molecular formula is C7H15NO4S. The third-order valence-electron chi connectivity index (χ3n) is 1.36. The Balaban J connectivity index is 3.53. The van der Waals surface area contributed by atoms with Crippen LogP contribution in [0.1, 0.15) is 12.8 Å². The first-order valence-electron chi connectivity index (χ1n) is 4.01. The Morgan fingerprint density at radius 2 is 2.08 bits per heavy atom. The first kappa shape index (κ1) is 12.4. The first-order chi connectivity index (χ1) is 5.95. The second-order valence-corrected chi connectivity index (χ2v) is 5.07. The molecule has 0 heterocycles. The average Bonchev–Trinajstić information content (AvgIpc) is 2.00. The molecule has 1 amide bonds. The smallest absolute Gasteiger partial charge is 0.221 e. The van der Waals surface area contributed by atoms with Crippen molar-refractivity contribution in [1.29, 1.82) is 0 Å². The van der Waals surface area contributed by atoms with Crippen molar-refractivity contribution in [3.8, 4) is 0 Å². The molecule has 0 bridgehead atoms. The summed E-state index contributed by atoms with van der Waals surface area (Å²) in [6, 6.07) is 0. The highest BCUT2D eigenvalue weighted by molar-refractivity contribution is 7.90. The Morgan fingerprint density at radius 1 is 1.46 bits per heavy atom. The molecule has 0 atom stereocenters. The lowest BCUT2D eigenvalue weighted by Gasteiger charge is -2.02. The van der Waals surface area contributed by atoms with Gasteiger partial charge in [-0.25, -0.2) is 8.42 Å². The Hall–Kier alpha value is -0.620. The zero-order valence-electron chi connectivity index (χ0n) is 7.62. The molecule has 13 heavy (non-hydrogen) atoms. The van der Waals surface area contributed by atoms with Crippen molar-refractivity contribution >= 4 is 15.7 Å². The van der Waals surface area contributed by atoms with Gasteiger partial charge in [-0.3, -0.25) is 4.79 Å². The molecule has 0 aromatic carbocycles. The van der Waals surface area contributed by atoms with E-state index < -0.39 is 9.84 Å². The summed E-state index contributed by atoms with van der Waals surface area (Å²) < 4.78 is 21.3. The van der Waals surface area contributed by atoms with E-state index in [1.54, 1.807) is 0 Å². The van der Waals surface area contributed by atoms with Crippen LogP contribution in [0.25, 0.3) is 0 Å². The molecule has 0 aliphatic rings. The van der Waals surface area contributed by atoms with Crippen molar-refractivity contribution in [2.75, 3.05) is 25.2 Å². The number of amides is 1. The van der Waals surface area contributed by atoms with Gasteiger partial charge >= 0.3 is 0 Å². The molecule has 0 aromatic heterocycles. The van der Waals surface area contributed by atoms with Crippen molar-refractivity contribution in [2.24, 2.45) is 0 Å². The van der Waals surface area contributed by atoms with E-state index in [0.717, 1.165) is 6.26 Å². The quantitative estimate of drug-likeness (QED) is 0.545. The maximum Gasteiger partial charge on any atom is 0.221 e. The fourth-order valence-electron chi connectivity index (χ4n) is 0.673. The second kappa shape index (κ2) is 5.93. The molecule has 6 heteroatoms. The lowest BCUT2D eigenvalue weighted by molar-refractivity contribution is -0.120. The highest BCUT2D eigenvalue weighted by Crippen LogP contribution is 1.88. The lowest BCUT2D eigenvalue weighted by atomic mass is 10.4. The van der Waals surface area contributed by atoms with E-state index in [4.69, 9.17) is 5.11 Å². The fourth-order valence-corrected chi connectivity index (χ4v) is 1.23. The van der Waals surface area contributed by atoms with E-state index >= 15 is 0 Å². The normalized spacial score (nSPS) is 11.2. The minimum absolute atomic E-state index is 0.00966. The number of hydrogen-bond donors (Lipinski definition) is 2. The van der Waals surface area contributed by atoms with Gasteiger partial charge in [0.05, 0.1) is 5.75 Å². The summed E-state index contributed by atoms with van der Waals surface area (Å²) in [7, 11) is -3.06. The van der Waals surface area contributed by atoms with Gasteiger partial charge in [0.25, 0.3) is 0 Å². The molecular weight excluding hydrogens is 194 g/mol. The van der Waals surface area contributed by atoms with Gasteiger partial charge in [-0.15, -0.1) is 0 Å². The van der Waals surface area contributed by atoms with Crippen LogP contribution in [0.3, 0.4) is 0 Å². The largest absolute Gasteiger partial charge is 0.396 e. The molecule has 0 aliphatic heterocycles. The predicted octanol–water partition coefficient (Wildman–Crippen LogP) is -1.08. The van der Waals surface area contributed by atoms with Crippen LogP contribution in [0.2, 0.25) is 0 Å². The third-order valence-corrected chi connectivity index (χ3v) is 2.30. The van der Waals surface area contributed by atoms with Gasteiger partial charge in [0, 0.05) is 25.8 Å². The van der Waals surface area contributed by atoms with Gasteiger partial charge in [-0.2, -0.15) is 0 Å². The van der Waals surface area contributed by atoms with E-state index in [0.29, 0.717) is 13.0 Å². The minimum atomic E-state index is -3.06. The van der Waals surface area contributed by atoms with Gasteiger partial charge in [-0.1, -0.05) is 0 Å². The number of aliphatic hydroxyl groups excluding tert-OH is 1. The molecule has 0 radical (unpaired) electrons.